The van der Waals surface area contributed by atoms with Gasteiger partial charge in [0.25, 0.3) is 0 Å². The molecule has 17 heavy (non-hydrogen) atoms. The first-order chi connectivity index (χ1) is 7.89. The molecule has 0 atom stereocenters. The van der Waals surface area contributed by atoms with Gasteiger partial charge in [0.1, 0.15) is 0 Å². The van der Waals surface area contributed by atoms with E-state index in [9.17, 15) is 18.0 Å². The molecule has 0 radical (unpaired) electrons. The zero-order valence-electron chi connectivity index (χ0n) is 8.25. The molecule has 0 unspecified atom stereocenters. The van der Waals surface area contributed by atoms with Gasteiger partial charge in [0.2, 0.25) is 0 Å². The van der Waals surface area contributed by atoms with Crippen molar-refractivity contribution in [3.8, 4) is 5.69 Å². The summed E-state index contributed by atoms with van der Waals surface area (Å²) < 4.78 is 39.1. The Balaban J connectivity index is 2.63. The van der Waals surface area contributed by atoms with E-state index < -0.39 is 17.4 Å². The van der Waals surface area contributed by atoms with Gasteiger partial charge in [-0.05, 0) is 34.1 Å². The maximum atomic E-state index is 12.5. The van der Waals surface area contributed by atoms with Crippen molar-refractivity contribution < 1.29 is 13.2 Å². The predicted octanol–water partition coefficient (Wildman–Crippen LogP) is 2.95. The maximum absolute atomic E-state index is 12.5. The summed E-state index contributed by atoms with van der Waals surface area (Å²) in [5.41, 5.74) is -1.15. The molecule has 0 bridgehead atoms. The largest absolute Gasteiger partial charge is 0.416 e. The molecule has 0 saturated heterocycles. The molecule has 0 saturated carbocycles. The van der Waals surface area contributed by atoms with E-state index in [-0.39, 0.29) is 5.69 Å². The summed E-state index contributed by atoms with van der Waals surface area (Å²) in [4.78, 5) is 13.7. The van der Waals surface area contributed by atoms with Crippen LogP contribution in [0.3, 0.4) is 0 Å². The van der Waals surface area contributed by atoms with Gasteiger partial charge in [-0.25, -0.2) is 4.79 Å². The Kier molecular flexibility index (Phi) is 2.86. The first-order valence-corrected chi connectivity index (χ1v) is 5.32. The fourth-order valence-corrected chi connectivity index (χ4v) is 1.82. The van der Waals surface area contributed by atoms with Crippen LogP contribution >= 0.6 is 15.9 Å². The van der Waals surface area contributed by atoms with Crippen molar-refractivity contribution in [2.24, 2.45) is 0 Å². The van der Waals surface area contributed by atoms with Gasteiger partial charge >= 0.3 is 11.9 Å². The molecule has 0 spiro atoms. The minimum absolute atomic E-state index is 0.145. The van der Waals surface area contributed by atoms with Crippen LogP contribution in [0.1, 0.15) is 5.56 Å². The van der Waals surface area contributed by atoms with E-state index in [0.29, 0.717) is 4.47 Å². The lowest BCUT2D eigenvalue weighted by atomic mass is 10.2. The number of rotatable bonds is 1. The average Bonchev–Trinajstić information content (AvgIpc) is 2.63. The molecular formula is C10H6BrF3N2O. The third kappa shape index (κ3) is 2.28. The molecule has 0 aliphatic carbocycles. The molecule has 90 valence electrons. The minimum atomic E-state index is -4.44. The van der Waals surface area contributed by atoms with Gasteiger partial charge in [0, 0.05) is 16.9 Å². The minimum Gasteiger partial charge on any atom is -0.312 e. The summed E-state index contributed by atoms with van der Waals surface area (Å²) in [6.07, 6.45) is -1.72. The molecule has 3 nitrogen and oxygen atoms in total. The van der Waals surface area contributed by atoms with Crippen LogP contribution in [0.5, 0.6) is 0 Å². The lowest BCUT2D eigenvalue weighted by molar-refractivity contribution is -0.137. The molecule has 0 aliphatic heterocycles. The van der Waals surface area contributed by atoms with Gasteiger partial charge in [-0.2, -0.15) is 13.2 Å². The van der Waals surface area contributed by atoms with E-state index in [2.05, 4.69) is 20.9 Å². The van der Waals surface area contributed by atoms with Crippen LogP contribution in [0.15, 0.2) is 39.9 Å². The topological polar surface area (TPSA) is 37.8 Å². The lowest BCUT2D eigenvalue weighted by Crippen LogP contribution is -2.15. The van der Waals surface area contributed by atoms with Crippen LogP contribution in [-0.4, -0.2) is 9.55 Å². The number of imidazole rings is 1. The van der Waals surface area contributed by atoms with Crippen molar-refractivity contribution >= 4 is 15.9 Å². The number of halogens is 4. The van der Waals surface area contributed by atoms with Gasteiger partial charge < -0.3 is 4.98 Å². The van der Waals surface area contributed by atoms with Gasteiger partial charge in [-0.3, -0.25) is 4.57 Å². The highest BCUT2D eigenvalue weighted by molar-refractivity contribution is 9.10. The van der Waals surface area contributed by atoms with E-state index in [0.717, 1.165) is 16.7 Å². The van der Waals surface area contributed by atoms with Gasteiger partial charge in [-0.15, -0.1) is 0 Å². The molecule has 2 aromatic rings. The summed E-state index contributed by atoms with van der Waals surface area (Å²) in [7, 11) is 0. The van der Waals surface area contributed by atoms with Crippen molar-refractivity contribution in [2.75, 3.05) is 0 Å². The van der Waals surface area contributed by atoms with E-state index in [1.807, 2.05) is 0 Å². The van der Waals surface area contributed by atoms with Crippen LogP contribution in [0.4, 0.5) is 13.2 Å². The highest BCUT2D eigenvalue weighted by atomic mass is 79.9. The summed E-state index contributed by atoms with van der Waals surface area (Å²) in [6.45, 7) is 0. The standard InChI is InChI=1S/C10H6BrF3N2O/c11-7-2-1-6(10(12,13)14)5-8(7)16-4-3-15-9(16)17/h1-5H,(H,15,17). The Bertz CT molecular complexity index is 600. The van der Waals surface area contributed by atoms with E-state index in [4.69, 9.17) is 0 Å². The average molecular weight is 307 g/mol. The molecule has 1 heterocycles. The molecule has 2 rings (SSSR count). The number of H-pyrrole nitrogens is 1. The molecule has 1 N–H and O–H groups in total. The molecule has 1 aromatic heterocycles. The monoisotopic (exact) mass is 306 g/mol. The highest BCUT2D eigenvalue weighted by Gasteiger charge is 2.31. The number of nitrogens with zero attached hydrogens (tertiary/aromatic N) is 1. The van der Waals surface area contributed by atoms with Crippen LogP contribution < -0.4 is 5.69 Å². The lowest BCUT2D eigenvalue weighted by Gasteiger charge is -2.10. The molecular weight excluding hydrogens is 301 g/mol. The third-order valence-corrected chi connectivity index (χ3v) is 2.85. The predicted molar refractivity (Wildman–Crippen MR) is 59.1 cm³/mol. The number of aromatic nitrogens is 2. The summed E-state index contributed by atoms with van der Waals surface area (Å²) in [5, 5.41) is 0. The fraction of sp³-hybridized carbons (Fsp3) is 0.100. The number of alkyl halides is 3. The summed E-state index contributed by atoms with van der Waals surface area (Å²) in [5.74, 6) is 0. The van der Waals surface area contributed by atoms with Crippen LogP contribution in [0, 0.1) is 0 Å². The third-order valence-electron chi connectivity index (χ3n) is 2.18. The van der Waals surface area contributed by atoms with Crippen molar-refractivity contribution in [2.45, 2.75) is 6.18 Å². The van der Waals surface area contributed by atoms with Crippen LogP contribution in [0.2, 0.25) is 0 Å². The van der Waals surface area contributed by atoms with E-state index in [1.165, 1.54) is 18.5 Å². The molecule has 1 aromatic carbocycles. The van der Waals surface area contributed by atoms with Gasteiger partial charge in [0.05, 0.1) is 11.3 Å². The van der Waals surface area contributed by atoms with Crippen LogP contribution in [-0.2, 0) is 6.18 Å². The maximum Gasteiger partial charge on any atom is 0.416 e. The number of aromatic amines is 1. The van der Waals surface area contributed by atoms with Gasteiger partial charge in [-0.1, -0.05) is 0 Å². The molecule has 0 fully saturated rings. The Morgan fingerprint density at radius 2 is 2.00 bits per heavy atom. The van der Waals surface area contributed by atoms with Crippen LogP contribution in [0.25, 0.3) is 5.69 Å². The smallest absolute Gasteiger partial charge is 0.312 e. The Labute approximate surface area is 102 Å². The highest BCUT2D eigenvalue weighted by Crippen LogP contribution is 2.32. The molecule has 7 heteroatoms. The van der Waals surface area contributed by atoms with Crippen molar-refractivity contribution in [1.29, 1.82) is 0 Å². The second-order valence-electron chi connectivity index (χ2n) is 3.30. The van der Waals surface area contributed by atoms with Crippen molar-refractivity contribution in [3.63, 3.8) is 0 Å². The molecule has 0 amide bonds. The first kappa shape index (κ1) is 12.0. The van der Waals surface area contributed by atoms with E-state index >= 15 is 0 Å². The second-order valence-corrected chi connectivity index (χ2v) is 4.15. The SMILES string of the molecule is O=c1[nH]ccn1-c1cc(C(F)(F)F)ccc1Br. The second kappa shape index (κ2) is 4.06. The zero-order chi connectivity index (χ0) is 12.6. The van der Waals surface area contributed by atoms with E-state index in [1.54, 1.807) is 0 Å². The summed E-state index contributed by atoms with van der Waals surface area (Å²) in [6, 6.07) is 3.13. The van der Waals surface area contributed by atoms with Crippen molar-refractivity contribution in [3.05, 3.63) is 51.1 Å². The fourth-order valence-electron chi connectivity index (χ4n) is 1.38. The first-order valence-electron chi connectivity index (χ1n) is 4.53. The normalized spacial score (nSPS) is 11.8. The number of benzene rings is 1. The number of nitrogens with one attached hydrogen (secondary N) is 1. The number of hydrogen-bond acceptors (Lipinski definition) is 1. The van der Waals surface area contributed by atoms with Gasteiger partial charge in [0.15, 0.2) is 0 Å². The quantitative estimate of drug-likeness (QED) is 0.864. The Hall–Kier alpha value is -1.50. The molecule has 0 aliphatic rings. The zero-order valence-corrected chi connectivity index (χ0v) is 9.84. The Morgan fingerprint density at radius 1 is 1.29 bits per heavy atom. The number of hydrogen-bond donors (Lipinski definition) is 1. The Morgan fingerprint density at radius 3 is 2.53 bits per heavy atom. The summed E-state index contributed by atoms with van der Waals surface area (Å²) >= 11 is 3.11. The van der Waals surface area contributed by atoms with Crippen molar-refractivity contribution in [1.82, 2.24) is 9.55 Å².